The highest BCUT2D eigenvalue weighted by atomic mass is 35.5. The van der Waals surface area contributed by atoms with Crippen LogP contribution in [0.25, 0.3) is 0 Å². The molecule has 2 aromatic heterocycles. The van der Waals surface area contributed by atoms with Crippen molar-refractivity contribution in [3.8, 4) is 0 Å². The molecule has 0 aliphatic carbocycles. The summed E-state index contributed by atoms with van der Waals surface area (Å²) in [6.07, 6.45) is 4.63. The molecule has 0 fully saturated rings. The van der Waals surface area contributed by atoms with Crippen molar-refractivity contribution in [3.63, 3.8) is 0 Å². The van der Waals surface area contributed by atoms with Gasteiger partial charge >= 0.3 is 5.97 Å². The molecule has 0 bridgehead atoms. The van der Waals surface area contributed by atoms with E-state index in [9.17, 15) is 9.59 Å². The lowest BCUT2D eigenvalue weighted by atomic mass is 10.2. The van der Waals surface area contributed by atoms with Gasteiger partial charge in [0.05, 0.1) is 18.4 Å². The molecule has 0 radical (unpaired) electrons. The van der Waals surface area contributed by atoms with E-state index in [0.717, 1.165) is 5.56 Å². The van der Waals surface area contributed by atoms with Gasteiger partial charge in [0.15, 0.2) is 5.69 Å². The summed E-state index contributed by atoms with van der Waals surface area (Å²) in [5, 5.41) is 20.8. The van der Waals surface area contributed by atoms with Gasteiger partial charge in [0.1, 0.15) is 6.04 Å². The lowest BCUT2D eigenvalue weighted by Crippen LogP contribution is -2.24. The number of benzene rings is 1. The SMILES string of the molecule is CC(C(=O)Nc1cnn(Cc2ccc(Cl)cc2Cl)c1)n1ccc(C(=O)O)n1. The van der Waals surface area contributed by atoms with Crippen molar-refractivity contribution in [1.82, 2.24) is 19.6 Å². The zero-order valence-electron chi connectivity index (χ0n) is 14.1. The van der Waals surface area contributed by atoms with Gasteiger partial charge in [-0.25, -0.2) is 4.79 Å². The molecule has 27 heavy (non-hydrogen) atoms. The molecule has 1 atom stereocenters. The topological polar surface area (TPSA) is 102 Å². The van der Waals surface area contributed by atoms with E-state index in [-0.39, 0.29) is 11.6 Å². The standard InChI is InChI=1S/C17H15Cl2N5O3/c1-10(24-5-4-15(22-24)17(26)27)16(25)21-13-7-20-23(9-13)8-11-2-3-12(18)6-14(11)19/h2-7,9-10H,8H2,1H3,(H,21,25)(H,26,27). The first-order chi connectivity index (χ1) is 12.8. The quantitative estimate of drug-likeness (QED) is 0.652. The number of hydrogen-bond acceptors (Lipinski definition) is 4. The van der Waals surface area contributed by atoms with Crippen LogP contribution in [0.3, 0.4) is 0 Å². The Labute approximate surface area is 164 Å². The molecule has 1 unspecified atom stereocenters. The largest absolute Gasteiger partial charge is 0.476 e. The molecule has 0 aliphatic heterocycles. The van der Waals surface area contributed by atoms with E-state index in [1.54, 1.807) is 29.9 Å². The molecule has 3 aromatic rings. The van der Waals surface area contributed by atoms with E-state index in [2.05, 4.69) is 15.5 Å². The molecule has 1 amide bonds. The van der Waals surface area contributed by atoms with Gasteiger partial charge in [-0.05, 0) is 30.7 Å². The van der Waals surface area contributed by atoms with Crippen LogP contribution in [-0.4, -0.2) is 36.5 Å². The van der Waals surface area contributed by atoms with Crippen molar-refractivity contribution in [2.45, 2.75) is 19.5 Å². The van der Waals surface area contributed by atoms with Crippen LogP contribution in [0.4, 0.5) is 5.69 Å². The van der Waals surface area contributed by atoms with Crippen LogP contribution in [-0.2, 0) is 11.3 Å². The number of carboxylic acid groups (broad SMARTS) is 1. The van der Waals surface area contributed by atoms with Crippen LogP contribution in [0.2, 0.25) is 10.0 Å². The molecule has 0 aliphatic rings. The Morgan fingerprint density at radius 3 is 2.74 bits per heavy atom. The number of anilines is 1. The van der Waals surface area contributed by atoms with Gasteiger partial charge in [-0.3, -0.25) is 14.2 Å². The Kier molecular flexibility index (Phi) is 5.48. The molecule has 2 heterocycles. The molecule has 1 aromatic carbocycles. The molecular weight excluding hydrogens is 393 g/mol. The van der Waals surface area contributed by atoms with Crippen LogP contribution in [0.1, 0.15) is 29.0 Å². The number of rotatable bonds is 6. The van der Waals surface area contributed by atoms with Crippen molar-refractivity contribution < 1.29 is 14.7 Å². The van der Waals surface area contributed by atoms with Gasteiger partial charge in [0.25, 0.3) is 0 Å². The lowest BCUT2D eigenvalue weighted by molar-refractivity contribution is -0.119. The first-order valence-corrected chi connectivity index (χ1v) is 8.65. The van der Waals surface area contributed by atoms with E-state index < -0.39 is 12.0 Å². The van der Waals surface area contributed by atoms with Crippen molar-refractivity contribution in [2.75, 3.05) is 5.32 Å². The molecule has 8 nitrogen and oxygen atoms in total. The van der Waals surface area contributed by atoms with Gasteiger partial charge in [0, 0.05) is 22.4 Å². The Hall–Kier alpha value is -2.84. The predicted molar refractivity (Wildman–Crippen MR) is 100 cm³/mol. The van der Waals surface area contributed by atoms with Crippen LogP contribution in [0.15, 0.2) is 42.9 Å². The minimum Gasteiger partial charge on any atom is -0.476 e. The monoisotopic (exact) mass is 407 g/mol. The van der Waals surface area contributed by atoms with Crippen molar-refractivity contribution in [3.05, 3.63) is 64.2 Å². The molecule has 2 N–H and O–H groups in total. The number of aromatic carboxylic acids is 1. The molecule has 3 rings (SSSR count). The third-order valence-corrected chi connectivity index (χ3v) is 4.44. The molecule has 0 saturated heterocycles. The number of hydrogen-bond donors (Lipinski definition) is 2. The lowest BCUT2D eigenvalue weighted by Gasteiger charge is -2.11. The van der Waals surface area contributed by atoms with E-state index >= 15 is 0 Å². The zero-order chi connectivity index (χ0) is 19.6. The summed E-state index contributed by atoms with van der Waals surface area (Å²) in [4.78, 5) is 23.2. The van der Waals surface area contributed by atoms with Gasteiger partial charge in [-0.1, -0.05) is 29.3 Å². The van der Waals surface area contributed by atoms with Crippen molar-refractivity contribution in [2.24, 2.45) is 0 Å². The highest BCUT2D eigenvalue weighted by Crippen LogP contribution is 2.22. The number of carboxylic acids is 1. The van der Waals surface area contributed by atoms with E-state index in [1.165, 1.54) is 23.1 Å². The number of nitrogens with one attached hydrogen (secondary N) is 1. The summed E-state index contributed by atoms with van der Waals surface area (Å²) in [5.41, 5.74) is 1.22. The smallest absolute Gasteiger partial charge is 0.356 e. The van der Waals surface area contributed by atoms with Gasteiger partial charge in [-0.2, -0.15) is 10.2 Å². The van der Waals surface area contributed by atoms with Crippen molar-refractivity contribution in [1.29, 1.82) is 0 Å². The molecule has 0 spiro atoms. The number of carbonyl (C=O) groups excluding carboxylic acids is 1. The minimum absolute atomic E-state index is 0.123. The second-order valence-corrected chi connectivity index (χ2v) is 6.66. The average Bonchev–Trinajstić information content (AvgIpc) is 3.26. The van der Waals surface area contributed by atoms with E-state index in [0.29, 0.717) is 22.3 Å². The third-order valence-electron chi connectivity index (χ3n) is 3.85. The van der Waals surface area contributed by atoms with Gasteiger partial charge in [0.2, 0.25) is 5.91 Å². The Morgan fingerprint density at radius 2 is 2.07 bits per heavy atom. The number of carbonyl (C=O) groups is 2. The summed E-state index contributed by atoms with van der Waals surface area (Å²) in [7, 11) is 0. The fourth-order valence-electron chi connectivity index (χ4n) is 2.37. The first kappa shape index (κ1) is 18.9. The maximum atomic E-state index is 12.4. The zero-order valence-corrected chi connectivity index (χ0v) is 15.6. The number of halogens is 2. The number of amides is 1. The average molecular weight is 408 g/mol. The Morgan fingerprint density at radius 1 is 1.30 bits per heavy atom. The van der Waals surface area contributed by atoms with Crippen LogP contribution in [0, 0.1) is 0 Å². The Balaban J connectivity index is 1.65. The fourth-order valence-corrected chi connectivity index (χ4v) is 2.84. The summed E-state index contributed by atoms with van der Waals surface area (Å²) in [6, 6.07) is 5.85. The third kappa shape index (κ3) is 4.47. The molecule has 140 valence electrons. The summed E-state index contributed by atoms with van der Waals surface area (Å²) in [5.74, 6) is -1.50. The van der Waals surface area contributed by atoms with Crippen LogP contribution < -0.4 is 5.32 Å². The fraction of sp³-hybridized carbons (Fsp3) is 0.176. The minimum atomic E-state index is -1.15. The maximum absolute atomic E-state index is 12.4. The first-order valence-electron chi connectivity index (χ1n) is 7.89. The number of aromatic nitrogens is 4. The number of nitrogens with zero attached hydrogens (tertiary/aromatic N) is 4. The van der Waals surface area contributed by atoms with Gasteiger partial charge in [-0.15, -0.1) is 0 Å². The summed E-state index contributed by atoms with van der Waals surface area (Å²) < 4.78 is 2.92. The summed E-state index contributed by atoms with van der Waals surface area (Å²) >= 11 is 12.0. The highest BCUT2D eigenvalue weighted by Gasteiger charge is 2.18. The second-order valence-electron chi connectivity index (χ2n) is 5.81. The predicted octanol–water partition coefficient (Wildman–Crippen LogP) is 3.33. The van der Waals surface area contributed by atoms with Crippen molar-refractivity contribution >= 4 is 40.8 Å². The van der Waals surface area contributed by atoms with Crippen LogP contribution in [0.5, 0.6) is 0 Å². The normalized spacial score (nSPS) is 12.0. The van der Waals surface area contributed by atoms with E-state index in [4.69, 9.17) is 28.3 Å². The van der Waals surface area contributed by atoms with E-state index in [1.807, 2.05) is 6.07 Å². The summed E-state index contributed by atoms with van der Waals surface area (Å²) in [6.45, 7) is 2.04. The van der Waals surface area contributed by atoms with Gasteiger partial charge < -0.3 is 10.4 Å². The molecule has 10 heteroatoms. The molecule has 0 saturated carbocycles. The maximum Gasteiger partial charge on any atom is 0.356 e. The van der Waals surface area contributed by atoms with Crippen LogP contribution >= 0.6 is 23.2 Å². The Bertz CT molecular complexity index is 998. The highest BCUT2D eigenvalue weighted by molar-refractivity contribution is 6.35. The molecular formula is C17H15Cl2N5O3. The second kappa shape index (κ2) is 7.81.